The van der Waals surface area contributed by atoms with Crippen LogP contribution in [0.15, 0.2) is 97.1 Å². The fourth-order valence-electron chi connectivity index (χ4n) is 8.25. The Morgan fingerprint density at radius 2 is 1.41 bits per heavy atom. The predicted molar refractivity (Wildman–Crippen MR) is 199 cm³/mol. The third-order valence-electron chi connectivity index (χ3n) is 11.2. The van der Waals surface area contributed by atoms with Crippen LogP contribution >= 0.6 is 0 Å². The molecule has 1 aliphatic heterocycles. The van der Waals surface area contributed by atoms with Gasteiger partial charge in [0.05, 0.1) is 0 Å². The zero-order valence-corrected chi connectivity index (χ0v) is 29.3. The molecule has 2 amide bonds. The van der Waals surface area contributed by atoms with Gasteiger partial charge in [0.2, 0.25) is 11.8 Å². The highest BCUT2D eigenvalue weighted by atomic mass is 16.5. The van der Waals surface area contributed by atoms with Crippen molar-refractivity contribution in [1.29, 1.82) is 0 Å². The number of fused-ring (bicyclic) bond motifs is 1. The minimum absolute atomic E-state index is 0.0549. The van der Waals surface area contributed by atoms with Gasteiger partial charge in [0.25, 0.3) is 0 Å². The van der Waals surface area contributed by atoms with Gasteiger partial charge in [-0.1, -0.05) is 105 Å². The van der Waals surface area contributed by atoms with E-state index in [4.69, 9.17) is 4.74 Å². The average molecular weight is 685 g/mol. The van der Waals surface area contributed by atoms with E-state index in [-0.39, 0.29) is 18.9 Å². The van der Waals surface area contributed by atoms with Crippen LogP contribution in [0.2, 0.25) is 0 Å². The molecule has 2 fully saturated rings. The number of benzene rings is 4. The Bertz CT molecular complexity index is 1810. The number of carbonyl (C=O) groups excluding carboxylic acids is 2. The molecule has 0 radical (unpaired) electrons. The minimum atomic E-state index is -1.13. The van der Waals surface area contributed by atoms with Gasteiger partial charge in [-0.05, 0) is 95.2 Å². The van der Waals surface area contributed by atoms with Gasteiger partial charge in [0.1, 0.15) is 23.6 Å². The molecule has 4 aromatic rings. The van der Waals surface area contributed by atoms with E-state index in [1.54, 1.807) is 4.90 Å². The largest absolute Gasteiger partial charge is 0.480 e. The van der Waals surface area contributed by atoms with Gasteiger partial charge in [-0.15, -0.1) is 0 Å². The lowest BCUT2D eigenvalue weighted by Crippen LogP contribution is -2.56. The maximum Gasteiger partial charge on any atom is 0.326 e. The zero-order chi connectivity index (χ0) is 35.2. The number of amides is 2. The lowest BCUT2D eigenvalue weighted by Gasteiger charge is -2.37. The number of hydrogen-bond acceptors (Lipinski definition) is 4. The summed E-state index contributed by atoms with van der Waals surface area (Å²) in [6.45, 7) is 0.273. The summed E-state index contributed by atoms with van der Waals surface area (Å²) in [5, 5.41) is 13.0. The van der Waals surface area contributed by atoms with E-state index >= 15 is 0 Å². The molecule has 2 atom stereocenters. The van der Waals surface area contributed by atoms with Crippen molar-refractivity contribution in [3.8, 4) is 22.6 Å². The van der Waals surface area contributed by atoms with Gasteiger partial charge in [-0.25, -0.2) is 4.79 Å². The number of aliphatic carboxylic acids is 1. The lowest BCUT2D eigenvalue weighted by molar-refractivity contribution is -0.145. The zero-order valence-electron chi connectivity index (χ0n) is 29.3. The number of carbonyl (C=O) groups is 3. The van der Waals surface area contributed by atoms with Gasteiger partial charge in [-0.3, -0.25) is 9.59 Å². The quantitative estimate of drug-likeness (QED) is 0.165. The van der Waals surface area contributed by atoms with Crippen LogP contribution < -0.4 is 10.1 Å². The molecule has 264 valence electrons. The highest BCUT2D eigenvalue weighted by Gasteiger charge is 2.37. The van der Waals surface area contributed by atoms with Gasteiger partial charge in [0, 0.05) is 25.8 Å². The van der Waals surface area contributed by atoms with Crippen molar-refractivity contribution in [2.24, 2.45) is 5.92 Å². The monoisotopic (exact) mass is 684 g/mol. The number of hydrogen-bond donors (Lipinski definition) is 2. The Balaban J connectivity index is 1.06. The summed E-state index contributed by atoms with van der Waals surface area (Å²) in [7, 11) is 0. The molecule has 0 aromatic heterocycles. The molecule has 1 heterocycles. The number of ether oxygens (including phenoxy) is 1. The van der Waals surface area contributed by atoms with Crippen molar-refractivity contribution in [3.63, 3.8) is 0 Å². The Morgan fingerprint density at radius 3 is 2.12 bits per heavy atom. The summed E-state index contributed by atoms with van der Waals surface area (Å²) >= 11 is 0. The molecule has 1 unspecified atom stereocenters. The van der Waals surface area contributed by atoms with Gasteiger partial charge in [0.15, 0.2) is 0 Å². The number of carboxylic acid groups (broad SMARTS) is 1. The molecule has 2 aliphatic carbocycles. The molecule has 0 bridgehead atoms. The third-order valence-corrected chi connectivity index (χ3v) is 11.2. The first kappa shape index (κ1) is 34.5. The van der Waals surface area contributed by atoms with Crippen molar-refractivity contribution in [2.75, 3.05) is 0 Å². The van der Waals surface area contributed by atoms with E-state index in [1.807, 2.05) is 84.9 Å². The second kappa shape index (κ2) is 16.0. The van der Waals surface area contributed by atoms with Crippen LogP contribution in [0, 0.1) is 5.92 Å². The summed E-state index contributed by atoms with van der Waals surface area (Å²) < 4.78 is 6.28. The van der Waals surface area contributed by atoms with Crippen LogP contribution in [0.3, 0.4) is 0 Å². The molecule has 7 rings (SSSR count). The Hall–Kier alpha value is -4.91. The Kier molecular flexibility index (Phi) is 10.8. The fourth-order valence-corrected chi connectivity index (χ4v) is 8.25. The van der Waals surface area contributed by atoms with Crippen molar-refractivity contribution >= 4 is 17.8 Å². The van der Waals surface area contributed by atoms with Crippen LogP contribution in [0.25, 0.3) is 11.1 Å². The summed E-state index contributed by atoms with van der Waals surface area (Å²) in [5.74, 6) is 0.809. The van der Waals surface area contributed by atoms with Gasteiger partial charge >= 0.3 is 5.97 Å². The average Bonchev–Trinajstić information content (AvgIpc) is 3.68. The van der Waals surface area contributed by atoms with Crippen LogP contribution in [0.1, 0.15) is 92.4 Å². The molecule has 2 N–H and O–H groups in total. The summed E-state index contributed by atoms with van der Waals surface area (Å²) in [4.78, 5) is 41.9. The Morgan fingerprint density at radius 1 is 0.745 bits per heavy atom. The van der Waals surface area contributed by atoms with Crippen molar-refractivity contribution in [2.45, 2.75) is 102 Å². The molecule has 7 heteroatoms. The molecule has 0 spiro atoms. The first-order chi connectivity index (χ1) is 24.9. The SMILES string of the molecule is O=C(N[C@@H](Cc1ccc(-c2ccccc2)cc1)C(=O)O)C1Cc2ccc(Oc3ccc(C4CCCCC4)cc3)cc2CN1C(=O)CC1CCCC1. The number of rotatable bonds is 11. The van der Waals surface area contributed by atoms with E-state index in [9.17, 15) is 19.5 Å². The van der Waals surface area contributed by atoms with Crippen LogP contribution in [-0.2, 0) is 33.8 Å². The highest BCUT2D eigenvalue weighted by Crippen LogP contribution is 2.35. The summed E-state index contributed by atoms with van der Waals surface area (Å²) in [6.07, 6.45) is 11.6. The first-order valence-electron chi connectivity index (χ1n) is 18.8. The molecule has 7 nitrogen and oxygen atoms in total. The molecule has 2 saturated carbocycles. The maximum atomic E-state index is 14.0. The minimum Gasteiger partial charge on any atom is -0.480 e. The second-order valence-corrected chi connectivity index (χ2v) is 14.7. The van der Waals surface area contributed by atoms with E-state index < -0.39 is 24.0 Å². The number of nitrogens with one attached hydrogen (secondary N) is 1. The van der Waals surface area contributed by atoms with Gasteiger partial charge in [-0.2, -0.15) is 0 Å². The topological polar surface area (TPSA) is 95.9 Å². The van der Waals surface area contributed by atoms with Crippen LogP contribution in [-0.4, -0.2) is 39.9 Å². The fraction of sp³-hybridized carbons (Fsp3) is 0.386. The smallest absolute Gasteiger partial charge is 0.326 e. The van der Waals surface area contributed by atoms with Crippen molar-refractivity contribution < 1.29 is 24.2 Å². The normalized spacial score (nSPS) is 18.5. The molecule has 4 aromatic carbocycles. The number of nitrogens with zero attached hydrogens (tertiary/aromatic N) is 1. The second-order valence-electron chi connectivity index (χ2n) is 14.7. The molecule has 0 saturated heterocycles. The molecule has 51 heavy (non-hydrogen) atoms. The molecule has 3 aliphatic rings. The highest BCUT2D eigenvalue weighted by molar-refractivity contribution is 5.91. The van der Waals surface area contributed by atoms with E-state index in [2.05, 4.69) is 17.4 Å². The number of carboxylic acids is 1. The van der Waals surface area contributed by atoms with Crippen LogP contribution in [0.5, 0.6) is 11.5 Å². The maximum absolute atomic E-state index is 14.0. The lowest BCUT2D eigenvalue weighted by atomic mass is 9.84. The summed E-state index contributed by atoms with van der Waals surface area (Å²) in [5.41, 5.74) is 6.20. The summed E-state index contributed by atoms with van der Waals surface area (Å²) in [6, 6.07) is 30.1. The van der Waals surface area contributed by atoms with E-state index in [0.717, 1.165) is 59.3 Å². The van der Waals surface area contributed by atoms with Crippen molar-refractivity contribution in [1.82, 2.24) is 10.2 Å². The van der Waals surface area contributed by atoms with Gasteiger partial charge < -0.3 is 20.1 Å². The third kappa shape index (κ3) is 8.53. The van der Waals surface area contributed by atoms with E-state index in [0.29, 0.717) is 30.4 Å². The van der Waals surface area contributed by atoms with Crippen LogP contribution in [0.4, 0.5) is 0 Å². The first-order valence-corrected chi connectivity index (χ1v) is 18.8. The predicted octanol–water partition coefficient (Wildman–Crippen LogP) is 8.84. The van der Waals surface area contributed by atoms with E-state index in [1.165, 1.54) is 37.7 Å². The Labute approximate surface area is 301 Å². The molecular formula is C44H48N2O5. The standard InChI is InChI=1S/C44H48N2O5/c47-42(26-30-9-7-8-10-30)46-29-37-27-39(51-38-22-19-35(20-23-38)33-13-5-2-6-14-33)24-21-36(37)28-41(46)43(48)45-40(44(49)50)25-31-15-17-34(18-16-31)32-11-3-1-4-12-32/h1,3-4,11-12,15-24,27,30,33,40-41H,2,5-10,13-14,25-26,28-29H2,(H,45,48)(H,49,50)/t40-,41?/m0/s1. The van der Waals surface area contributed by atoms with Crippen molar-refractivity contribution in [3.05, 3.63) is 119 Å². The molecular weight excluding hydrogens is 636 g/mol.